The Bertz CT molecular complexity index is 318. The van der Waals surface area contributed by atoms with Crippen molar-refractivity contribution in [2.24, 2.45) is 0 Å². The molecule has 0 radical (unpaired) electrons. The molecule has 1 heterocycles. The number of hydrogen-bond donors (Lipinski definition) is 2. The van der Waals surface area contributed by atoms with E-state index in [4.69, 9.17) is 0 Å². The standard InChI is InChI=1S/C13H26N4O2/c1-10(2)17-9-11(8-12(17)18)15-13(19)14-6-5-7-16(3)4/h10-11H,5-9H2,1-4H3,(H2,14,15,19). The number of nitrogens with one attached hydrogen (secondary N) is 2. The van der Waals surface area contributed by atoms with Gasteiger partial charge < -0.3 is 20.4 Å². The van der Waals surface area contributed by atoms with Crippen molar-refractivity contribution in [3.8, 4) is 0 Å². The molecule has 1 fully saturated rings. The first kappa shape index (κ1) is 15.8. The highest BCUT2D eigenvalue weighted by molar-refractivity contribution is 5.81. The zero-order chi connectivity index (χ0) is 14.4. The molecule has 1 aliphatic rings. The van der Waals surface area contributed by atoms with E-state index in [1.807, 2.05) is 27.9 Å². The van der Waals surface area contributed by atoms with Gasteiger partial charge in [0.15, 0.2) is 0 Å². The Morgan fingerprint density at radius 1 is 1.47 bits per heavy atom. The summed E-state index contributed by atoms with van der Waals surface area (Å²) in [7, 11) is 4.01. The zero-order valence-electron chi connectivity index (χ0n) is 12.4. The van der Waals surface area contributed by atoms with Gasteiger partial charge in [-0.15, -0.1) is 0 Å². The summed E-state index contributed by atoms with van der Waals surface area (Å²) in [6, 6.07) is -0.0478. The fourth-order valence-electron chi connectivity index (χ4n) is 2.16. The van der Waals surface area contributed by atoms with E-state index in [2.05, 4.69) is 15.5 Å². The van der Waals surface area contributed by atoms with Crippen LogP contribution in [-0.2, 0) is 4.79 Å². The number of carbonyl (C=O) groups is 2. The molecule has 0 aromatic rings. The van der Waals surface area contributed by atoms with Crippen LogP contribution in [0, 0.1) is 0 Å². The minimum Gasteiger partial charge on any atom is -0.338 e. The van der Waals surface area contributed by atoms with Crippen molar-refractivity contribution in [3.05, 3.63) is 0 Å². The average molecular weight is 270 g/mol. The highest BCUT2D eigenvalue weighted by Gasteiger charge is 2.31. The van der Waals surface area contributed by atoms with E-state index >= 15 is 0 Å². The molecule has 2 N–H and O–H groups in total. The predicted molar refractivity (Wildman–Crippen MR) is 75.0 cm³/mol. The van der Waals surface area contributed by atoms with E-state index in [1.165, 1.54) is 0 Å². The van der Waals surface area contributed by atoms with Crippen molar-refractivity contribution in [2.45, 2.75) is 38.8 Å². The molecular formula is C13H26N4O2. The molecule has 3 amide bonds. The molecule has 1 unspecified atom stereocenters. The van der Waals surface area contributed by atoms with E-state index in [0.29, 0.717) is 19.5 Å². The zero-order valence-corrected chi connectivity index (χ0v) is 12.4. The van der Waals surface area contributed by atoms with Crippen LogP contribution in [0.4, 0.5) is 4.79 Å². The number of carbonyl (C=O) groups excluding carboxylic acids is 2. The van der Waals surface area contributed by atoms with Gasteiger partial charge in [-0.1, -0.05) is 0 Å². The second kappa shape index (κ2) is 7.33. The van der Waals surface area contributed by atoms with E-state index in [1.54, 1.807) is 4.90 Å². The topological polar surface area (TPSA) is 64.7 Å². The van der Waals surface area contributed by atoms with Crippen LogP contribution >= 0.6 is 0 Å². The van der Waals surface area contributed by atoms with E-state index in [-0.39, 0.29) is 24.0 Å². The van der Waals surface area contributed by atoms with Crippen LogP contribution < -0.4 is 10.6 Å². The summed E-state index contributed by atoms with van der Waals surface area (Å²) in [4.78, 5) is 27.2. The molecule has 0 aromatic heterocycles. The maximum Gasteiger partial charge on any atom is 0.315 e. The van der Waals surface area contributed by atoms with Crippen LogP contribution in [0.25, 0.3) is 0 Å². The van der Waals surface area contributed by atoms with Crippen LogP contribution in [0.15, 0.2) is 0 Å². The van der Waals surface area contributed by atoms with Gasteiger partial charge in [-0.25, -0.2) is 4.79 Å². The Morgan fingerprint density at radius 2 is 2.16 bits per heavy atom. The van der Waals surface area contributed by atoms with E-state index in [0.717, 1.165) is 13.0 Å². The lowest BCUT2D eigenvalue weighted by atomic mass is 10.2. The van der Waals surface area contributed by atoms with Gasteiger partial charge in [-0.05, 0) is 40.9 Å². The van der Waals surface area contributed by atoms with Gasteiger partial charge in [-0.2, -0.15) is 0 Å². The number of nitrogens with zero attached hydrogens (tertiary/aromatic N) is 2. The normalized spacial score (nSPS) is 19.4. The Morgan fingerprint density at radius 3 is 2.68 bits per heavy atom. The lowest BCUT2D eigenvalue weighted by Gasteiger charge is -2.21. The molecule has 0 aromatic carbocycles. The highest BCUT2D eigenvalue weighted by atomic mass is 16.2. The van der Waals surface area contributed by atoms with Crippen molar-refractivity contribution in [2.75, 3.05) is 33.7 Å². The number of likely N-dealkylation sites (tertiary alicyclic amines) is 1. The second-order valence-electron chi connectivity index (χ2n) is 5.60. The Labute approximate surface area is 115 Å². The molecule has 0 saturated carbocycles. The van der Waals surface area contributed by atoms with Gasteiger partial charge in [0.25, 0.3) is 0 Å². The van der Waals surface area contributed by atoms with E-state index in [9.17, 15) is 9.59 Å². The summed E-state index contributed by atoms with van der Waals surface area (Å²) < 4.78 is 0. The molecule has 0 bridgehead atoms. The molecule has 110 valence electrons. The first-order valence-electron chi connectivity index (χ1n) is 6.88. The van der Waals surface area contributed by atoms with Crippen LogP contribution in [0.1, 0.15) is 26.7 Å². The molecule has 1 atom stereocenters. The molecule has 1 rings (SSSR count). The lowest BCUT2D eigenvalue weighted by Crippen LogP contribution is -2.44. The van der Waals surface area contributed by atoms with Crippen molar-refractivity contribution in [3.63, 3.8) is 0 Å². The third-order valence-electron chi connectivity index (χ3n) is 3.18. The molecular weight excluding hydrogens is 244 g/mol. The Kier molecular flexibility index (Phi) is 6.08. The molecule has 6 nitrogen and oxygen atoms in total. The third kappa shape index (κ3) is 5.46. The Hall–Kier alpha value is -1.30. The van der Waals surface area contributed by atoms with Gasteiger partial charge in [0.2, 0.25) is 5.91 Å². The van der Waals surface area contributed by atoms with Gasteiger partial charge in [0, 0.05) is 25.6 Å². The first-order valence-corrected chi connectivity index (χ1v) is 6.88. The van der Waals surface area contributed by atoms with Crippen molar-refractivity contribution >= 4 is 11.9 Å². The molecule has 0 aliphatic carbocycles. The van der Waals surface area contributed by atoms with Crippen molar-refractivity contribution in [1.29, 1.82) is 0 Å². The average Bonchev–Trinajstić information content (AvgIpc) is 2.65. The lowest BCUT2D eigenvalue weighted by molar-refractivity contribution is -0.129. The minimum atomic E-state index is -0.179. The fourth-order valence-corrected chi connectivity index (χ4v) is 2.16. The van der Waals surface area contributed by atoms with Gasteiger partial charge in [0.1, 0.15) is 0 Å². The number of rotatable bonds is 6. The number of amides is 3. The summed E-state index contributed by atoms with van der Waals surface area (Å²) in [5.74, 6) is 0.118. The largest absolute Gasteiger partial charge is 0.338 e. The summed E-state index contributed by atoms with van der Waals surface area (Å²) in [6.07, 6.45) is 1.32. The molecule has 6 heteroatoms. The summed E-state index contributed by atoms with van der Waals surface area (Å²) in [5, 5.41) is 5.67. The summed E-state index contributed by atoms with van der Waals surface area (Å²) in [6.45, 7) is 6.19. The molecule has 1 aliphatic heterocycles. The molecule has 0 spiro atoms. The predicted octanol–water partition coefficient (Wildman–Crippen LogP) is 0.247. The van der Waals surface area contributed by atoms with Gasteiger partial charge >= 0.3 is 6.03 Å². The van der Waals surface area contributed by atoms with Crippen LogP contribution in [0.2, 0.25) is 0 Å². The minimum absolute atomic E-state index is 0.0660. The monoisotopic (exact) mass is 270 g/mol. The maximum atomic E-state index is 11.7. The smallest absolute Gasteiger partial charge is 0.315 e. The molecule has 1 saturated heterocycles. The van der Waals surface area contributed by atoms with Crippen LogP contribution in [0.5, 0.6) is 0 Å². The SMILES string of the molecule is CC(C)N1CC(NC(=O)NCCCN(C)C)CC1=O. The highest BCUT2D eigenvalue weighted by Crippen LogP contribution is 2.13. The number of urea groups is 1. The first-order chi connectivity index (χ1) is 8.90. The van der Waals surface area contributed by atoms with Crippen LogP contribution in [0.3, 0.4) is 0 Å². The summed E-state index contributed by atoms with van der Waals surface area (Å²) >= 11 is 0. The number of hydrogen-bond acceptors (Lipinski definition) is 3. The third-order valence-corrected chi connectivity index (χ3v) is 3.18. The van der Waals surface area contributed by atoms with Gasteiger partial charge in [0.05, 0.1) is 6.04 Å². The van der Waals surface area contributed by atoms with Crippen molar-refractivity contribution < 1.29 is 9.59 Å². The second-order valence-corrected chi connectivity index (χ2v) is 5.60. The van der Waals surface area contributed by atoms with E-state index < -0.39 is 0 Å². The summed E-state index contributed by atoms with van der Waals surface area (Å²) in [5.41, 5.74) is 0. The molecule has 19 heavy (non-hydrogen) atoms. The quantitative estimate of drug-likeness (QED) is 0.680. The van der Waals surface area contributed by atoms with Gasteiger partial charge in [-0.3, -0.25) is 4.79 Å². The Balaban J connectivity index is 2.21. The maximum absolute atomic E-state index is 11.7. The van der Waals surface area contributed by atoms with Crippen molar-refractivity contribution in [1.82, 2.24) is 20.4 Å². The fraction of sp³-hybridized carbons (Fsp3) is 0.846. The van der Waals surface area contributed by atoms with Crippen LogP contribution in [-0.4, -0.2) is 67.6 Å².